The predicted molar refractivity (Wildman–Crippen MR) is 64.4 cm³/mol. The highest BCUT2D eigenvalue weighted by atomic mass is 32.2. The lowest BCUT2D eigenvalue weighted by molar-refractivity contribution is -0.165. The molecule has 8 nitrogen and oxygen atoms in total. The third-order valence-corrected chi connectivity index (χ3v) is 4.39. The Morgan fingerprint density at radius 3 is 2.45 bits per heavy atom. The molecule has 0 spiro atoms. The summed E-state index contributed by atoms with van der Waals surface area (Å²) >= 11 is 0. The van der Waals surface area contributed by atoms with E-state index in [-0.39, 0.29) is 12.2 Å². The van der Waals surface area contributed by atoms with Gasteiger partial charge >= 0.3 is 27.3 Å². The van der Waals surface area contributed by atoms with E-state index in [1.807, 2.05) is 0 Å². The Hall–Kier alpha value is -1.33. The Kier molecular flexibility index (Phi) is 4.68. The molecular formula is C11H14F2O8S. The zero-order valence-corrected chi connectivity index (χ0v) is 12.1. The van der Waals surface area contributed by atoms with Crippen LogP contribution in [0.5, 0.6) is 0 Å². The number of fused-ring (bicyclic) bond motifs is 2. The van der Waals surface area contributed by atoms with E-state index in [1.165, 1.54) is 0 Å². The molecule has 0 radical (unpaired) electrons. The predicted octanol–water partition coefficient (Wildman–Crippen LogP) is 0.121. The van der Waals surface area contributed by atoms with Crippen LogP contribution in [-0.4, -0.2) is 55.6 Å². The van der Waals surface area contributed by atoms with Crippen molar-refractivity contribution in [1.82, 2.24) is 0 Å². The number of esters is 2. The molecule has 0 amide bonds. The van der Waals surface area contributed by atoms with E-state index < -0.39 is 46.4 Å². The average molecular weight is 344 g/mol. The molecule has 2 fully saturated rings. The molecule has 0 aromatic heterocycles. The second-order valence-electron chi connectivity index (χ2n) is 5.10. The lowest BCUT2D eigenvalue weighted by atomic mass is 9.89. The molecule has 1 N–H and O–H groups in total. The molecule has 0 aromatic rings. The van der Waals surface area contributed by atoms with Gasteiger partial charge in [-0.3, -0.25) is 9.35 Å². The van der Waals surface area contributed by atoms with Crippen molar-refractivity contribution in [3.8, 4) is 0 Å². The van der Waals surface area contributed by atoms with Gasteiger partial charge in [0.1, 0.15) is 0 Å². The van der Waals surface area contributed by atoms with Gasteiger partial charge in [-0.2, -0.15) is 17.2 Å². The Labute approximate surface area is 124 Å². The lowest BCUT2D eigenvalue weighted by Crippen LogP contribution is -2.35. The average Bonchev–Trinajstić information content (AvgIpc) is 3.03. The number of hydrogen-bond acceptors (Lipinski definition) is 7. The van der Waals surface area contributed by atoms with Crippen LogP contribution in [0.15, 0.2) is 0 Å². The molecule has 0 aliphatic carbocycles. The van der Waals surface area contributed by atoms with Crippen molar-refractivity contribution < 1.29 is 45.6 Å². The largest absolute Gasteiger partial charge is 0.455 e. The number of carbonyl (C=O) groups excluding carboxylic acids is 2. The van der Waals surface area contributed by atoms with Crippen LogP contribution in [0.4, 0.5) is 8.78 Å². The third kappa shape index (κ3) is 3.70. The molecule has 11 heteroatoms. The molecule has 2 rings (SSSR count). The second-order valence-corrected chi connectivity index (χ2v) is 6.64. The minimum absolute atomic E-state index is 0.00274. The van der Waals surface area contributed by atoms with Crippen LogP contribution in [0.3, 0.4) is 0 Å². The van der Waals surface area contributed by atoms with Crippen molar-refractivity contribution in [2.75, 3.05) is 13.2 Å². The highest BCUT2D eigenvalue weighted by Gasteiger charge is 2.46. The minimum atomic E-state index is -5.68. The van der Waals surface area contributed by atoms with E-state index in [0.717, 1.165) is 12.8 Å². The molecule has 22 heavy (non-hydrogen) atoms. The summed E-state index contributed by atoms with van der Waals surface area (Å²) in [5.41, 5.74) is 0. The molecule has 3 atom stereocenters. The molecule has 126 valence electrons. The molecule has 2 saturated heterocycles. The summed E-state index contributed by atoms with van der Waals surface area (Å²) in [7, 11) is -5.68. The van der Waals surface area contributed by atoms with Gasteiger partial charge in [-0.25, -0.2) is 4.79 Å². The second kappa shape index (κ2) is 6.05. The standard InChI is InChI=1S/C11H14F2O8S/c12-11(13,22(16,17)18)5-20-9(14)4-19-10(15)7-3-6-1-2-8(7)21-6/h6-8H,1-5H2,(H,16,17,18). The Morgan fingerprint density at radius 2 is 1.95 bits per heavy atom. The normalized spacial score (nSPS) is 27.7. The van der Waals surface area contributed by atoms with Gasteiger partial charge in [0.25, 0.3) is 0 Å². The number of ether oxygens (including phenoxy) is 3. The zero-order valence-electron chi connectivity index (χ0n) is 11.2. The molecule has 2 heterocycles. The van der Waals surface area contributed by atoms with Crippen LogP contribution in [0, 0.1) is 5.92 Å². The van der Waals surface area contributed by atoms with Crippen molar-refractivity contribution in [2.24, 2.45) is 5.92 Å². The fourth-order valence-corrected chi connectivity index (χ4v) is 2.61. The van der Waals surface area contributed by atoms with Crippen molar-refractivity contribution in [3.05, 3.63) is 0 Å². The fraction of sp³-hybridized carbons (Fsp3) is 0.818. The number of carbonyl (C=O) groups is 2. The first-order chi connectivity index (χ1) is 10.1. The highest BCUT2D eigenvalue weighted by molar-refractivity contribution is 7.86. The molecule has 2 aliphatic rings. The first kappa shape index (κ1) is 17.0. The van der Waals surface area contributed by atoms with Crippen molar-refractivity contribution >= 4 is 22.1 Å². The van der Waals surface area contributed by atoms with Crippen molar-refractivity contribution in [2.45, 2.75) is 36.7 Å². The summed E-state index contributed by atoms with van der Waals surface area (Å²) in [6.45, 7) is -2.78. The minimum Gasteiger partial charge on any atom is -0.455 e. The van der Waals surface area contributed by atoms with Gasteiger partial charge < -0.3 is 14.2 Å². The van der Waals surface area contributed by atoms with E-state index in [2.05, 4.69) is 9.47 Å². The summed E-state index contributed by atoms with van der Waals surface area (Å²) < 4.78 is 68.4. The van der Waals surface area contributed by atoms with E-state index in [0.29, 0.717) is 6.42 Å². The maximum Gasteiger partial charge on any atom is 0.402 e. The van der Waals surface area contributed by atoms with E-state index >= 15 is 0 Å². The van der Waals surface area contributed by atoms with Gasteiger partial charge in [0.05, 0.1) is 18.1 Å². The lowest BCUT2D eigenvalue weighted by Gasteiger charge is -2.17. The van der Waals surface area contributed by atoms with Crippen LogP contribution in [0.25, 0.3) is 0 Å². The smallest absolute Gasteiger partial charge is 0.402 e. The first-order valence-corrected chi connectivity index (χ1v) is 7.87. The van der Waals surface area contributed by atoms with Crippen molar-refractivity contribution in [1.29, 1.82) is 0 Å². The van der Waals surface area contributed by atoms with Gasteiger partial charge in [0.2, 0.25) is 0 Å². The van der Waals surface area contributed by atoms with E-state index in [1.54, 1.807) is 0 Å². The first-order valence-electron chi connectivity index (χ1n) is 6.43. The Morgan fingerprint density at radius 1 is 1.27 bits per heavy atom. The van der Waals surface area contributed by atoms with Gasteiger partial charge in [0.15, 0.2) is 13.2 Å². The van der Waals surface area contributed by atoms with E-state index in [4.69, 9.17) is 9.29 Å². The Bertz CT molecular complexity index is 560. The van der Waals surface area contributed by atoms with Gasteiger partial charge in [-0.1, -0.05) is 0 Å². The quantitative estimate of drug-likeness (QED) is 0.533. The Balaban J connectivity index is 1.73. The van der Waals surface area contributed by atoms with Crippen LogP contribution in [0.2, 0.25) is 0 Å². The maximum atomic E-state index is 12.8. The summed E-state index contributed by atoms with van der Waals surface area (Å²) in [5.74, 6) is -2.53. The third-order valence-electron chi connectivity index (χ3n) is 3.52. The summed E-state index contributed by atoms with van der Waals surface area (Å²) in [5, 5.41) is -4.62. The molecular weight excluding hydrogens is 330 g/mol. The summed E-state index contributed by atoms with van der Waals surface area (Å²) in [6, 6.07) is 0. The fourth-order valence-electron chi connectivity index (χ4n) is 2.40. The summed E-state index contributed by atoms with van der Waals surface area (Å²) in [4.78, 5) is 22.9. The number of halogens is 2. The van der Waals surface area contributed by atoms with Crippen LogP contribution >= 0.6 is 0 Å². The molecule has 0 aromatic carbocycles. The molecule has 2 bridgehead atoms. The van der Waals surface area contributed by atoms with Crippen LogP contribution < -0.4 is 0 Å². The number of alkyl halides is 2. The summed E-state index contributed by atoms with van der Waals surface area (Å²) in [6.07, 6.45) is 1.82. The van der Waals surface area contributed by atoms with Crippen molar-refractivity contribution in [3.63, 3.8) is 0 Å². The SMILES string of the molecule is O=C(COC(=O)C1CC2CCC1O2)OCC(F)(F)S(=O)(=O)O. The number of rotatable bonds is 6. The zero-order chi connectivity index (χ0) is 16.5. The molecule has 0 saturated carbocycles. The van der Waals surface area contributed by atoms with Gasteiger partial charge in [-0.05, 0) is 19.3 Å². The number of hydrogen-bond donors (Lipinski definition) is 1. The van der Waals surface area contributed by atoms with Gasteiger partial charge in [0, 0.05) is 0 Å². The monoisotopic (exact) mass is 344 g/mol. The van der Waals surface area contributed by atoms with Crippen LogP contribution in [-0.2, 0) is 33.9 Å². The van der Waals surface area contributed by atoms with E-state index in [9.17, 15) is 26.8 Å². The topological polar surface area (TPSA) is 116 Å². The maximum absolute atomic E-state index is 12.8. The molecule has 2 aliphatic heterocycles. The van der Waals surface area contributed by atoms with Gasteiger partial charge in [-0.15, -0.1) is 0 Å². The van der Waals surface area contributed by atoms with Crippen LogP contribution in [0.1, 0.15) is 19.3 Å². The molecule has 3 unspecified atom stereocenters. The highest BCUT2D eigenvalue weighted by Crippen LogP contribution is 2.39.